The molecule has 458 valence electrons. The minimum atomic E-state index is -1.04. The first kappa shape index (κ1) is 63.5. The first-order valence-corrected chi connectivity index (χ1v) is 29.9. The zero-order valence-corrected chi connectivity index (χ0v) is 49.8. The van der Waals surface area contributed by atoms with Gasteiger partial charge in [-0.15, -0.1) is 0 Å². The van der Waals surface area contributed by atoms with Crippen molar-refractivity contribution in [3.63, 3.8) is 0 Å². The number of primary amides is 1. The zero-order valence-electron chi connectivity index (χ0n) is 48.3. The molecule has 4 aliphatic rings. The molecule has 0 unspecified atom stereocenters. The normalized spacial score (nSPS) is 16.5. The molecular formula is C59H76BrN11O14. The molecule has 0 radical (unpaired) electrons. The van der Waals surface area contributed by atoms with Crippen molar-refractivity contribution < 1.29 is 66.8 Å². The topological polar surface area (TPSA) is 306 Å². The van der Waals surface area contributed by atoms with E-state index < -0.39 is 47.8 Å². The van der Waals surface area contributed by atoms with Crippen LogP contribution in [0.2, 0.25) is 0 Å². The Morgan fingerprint density at radius 2 is 1.40 bits per heavy atom. The fourth-order valence-corrected chi connectivity index (χ4v) is 11.2. The molecule has 85 heavy (non-hydrogen) atoms. The number of likely N-dealkylation sites (N-methyl/N-ethyl adjacent to an activating group) is 1. The molecule has 7 N–H and O–H groups in total. The van der Waals surface area contributed by atoms with Gasteiger partial charge in [0, 0.05) is 123 Å². The van der Waals surface area contributed by atoms with E-state index in [1.165, 1.54) is 12.2 Å². The number of fused-ring (bicyclic) bond motifs is 6. The number of alkyl halides is 1. The van der Waals surface area contributed by atoms with Gasteiger partial charge in [0.1, 0.15) is 23.5 Å². The van der Waals surface area contributed by atoms with E-state index >= 15 is 0 Å². The van der Waals surface area contributed by atoms with E-state index in [2.05, 4.69) is 47.1 Å². The summed E-state index contributed by atoms with van der Waals surface area (Å²) in [6, 6.07) is 12.3. The van der Waals surface area contributed by atoms with Gasteiger partial charge in [-0.3, -0.25) is 38.5 Å². The van der Waals surface area contributed by atoms with Gasteiger partial charge in [0.25, 0.3) is 17.7 Å². The van der Waals surface area contributed by atoms with Crippen LogP contribution in [0.15, 0.2) is 60.7 Å². The third-order valence-corrected chi connectivity index (χ3v) is 16.0. The van der Waals surface area contributed by atoms with E-state index in [1.54, 1.807) is 34.6 Å². The summed E-state index contributed by atoms with van der Waals surface area (Å²) in [6.45, 7) is 9.26. The van der Waals surface area contributed by atoms with E-state index in [1.807, 2.05) is 49.5 Å². The van der Waals surface area contributed by atoms with Crippen LogP contribution in [0.1, 0.15) is 67.1 Å². The summed E-state index contributed by atoms with van der Waals surface area (Å²) in [5.41, 5.74) is 9.50. The molecule has 3 aromatic carbocycles. The lowest BCUT2D eigenvalue weighted by atomic mass is 9.95. The first-order chi connectivity index (χ1) is 41.0. The molecule has 0 bridgehead atoms. The minimum Gasteiger partial charge on any atom is -0.409 e. The van der Waals surface area contributed by atoms with Crippen LogP contribution < -0.4 is 41.5 Å². The van der Waals surface area contributed by atoms with Gasteiger partial charge in [-0.2, -0.15) is 0 Å². The maximum absolute atomic E-state index is 14.8. The molecule has 4 aliphatic heterocycles. The molecule has 1 saturated heterocycles. The Bertz CT molecular complexity index is 3110. The maximum atomic E-state index is 14.8. The fourth-order valence-electron chi connectivity index (χ4n) is 10.7. The molecule has 3 atom stereocenters. The largest absolute Gasteiger partial charge is 0.415 e. The molecule has 8 rings (SSSR count). The Kier molecular flexibility index (Phi) is 22.8. The summed E-state index contributed by atoms with van der Waals surface area (Å²) >= 11 is 3.70. The summed E-state index contributed by atoms with van der Waals surface area (Å²) in [6.07, 6.45) is 2.79. The number of hydrogen-bond donors (Lipinski definition) is 6. The number of nitrogens with zero attached hydrogens (tertiary/aromatic N) is 5. The number of amides is 10. The van der Waals surface area contributed by atoms with Crippen LogP contribution in [0.5, 0.6) is 5.75 Å². The maximum Gasteiger partial charge on any atom is 0.415 e. The summed E-state index contributed by atoms with van der Waals surface area (Å²) in [4.78, 5) is 128. The number of piperazine rings is 1. The number of benzene rings is 3. The molecule has 1 fully saturated rings. The van der Waals surface area contributed by atoms with Crippen LogP contribution in [-0.4, -0.2) is 209 Å². The third-order valence-electron chi connectivity index (χ3n) is 15.3. The third kappa shape index (κ3) is 16.5. The van der Waals surface area contributed by atoms with Crippen molar-refractivity contribution in [1.29, 1.82) is 0 Å². The lowest BCUT2D eigenvalue weighted by molar-refractivity contribution is -0.137. The average Bonchev–Trinajstić information content (AvgIpc) is 1.87. The van der Waals surface area contributed by atoms with E-state index in [0.29, 0.717) is 99.1 Å². The number of carbonyl (C=O) groups is 9. The van der Waals surface area contributed by atoms with Gasteiger partial charge in [0.15, 0.2) is 0 Å². The molecule has 10 amide bonds. The predicted molar refractivity (Wildman–Crippen MR) is 319 cm³/mol. The summed E-state index contributed by atoms with van der Waals surface area (Å²) < 4.78 is 28.2. The van der Waals surface area contributed by atoms with E-state index in [-0.39, 0.29) is 94.9 Å². The number of hydrogen-bond acceptors (Lipinski definition) is 15. The highest BCUT2D eigenvalue weighted by Crippen LogP contribution is 2.47. The number of anilines is 2. The Hall–Kier alpha value is -7.49. The number of rotatable bonds is 30. The molecular weight excluding hydrogens is 1170 g/mol. The predicted octanol–water partition coefficient (Wildman–Crippen LogP) is 3.06. The van der Waals surface area contributed by atoms with Gasteiger partial charge in [-0.1, -0.05) is 54.0 Å². The molecule has 5 heterocycles. The van der Waals surface area contributed by atoms with Crippen LogP contribution in [0, 0.1) is 5.92 Å². The molecule has 0 aliphatic carbocycles. The van der Waals surface area contributed by atoms with Gasteiger partial charge in [-0.25, -0.2) is 9.59 Å². The standard InChI is InChI=1S/C59H76BrN11O14/c1-37(2)54(66-50(73)16-25-81-27-29-83-31-32-84-30-28-82-26-18-62-49(72)15-20-70-51(74)12-13-52(70)75)55(76)65-44(9-6-17-63-58(61)79)56(77)69-19-14-39-42-33-45(64-43(42)10-11-46(39)69)57(78)71-36-38(35-60)53-41-8-5-4-7-40(41)48(34-47(53)71)85-59(80)68-23-21-67(3)22-24-68/h4-5,7-8,10-13,33-34,37-38,44,54,64H,6,9,14-32,35-36H2,1-3H3,(H,62,72)(H,65,76)(H,66,73)(H3,61,63,79)/t38-,44+,54+/m1/s1. The van der Waals surface area contributed by atoms with Gasteiger partial charge in [-0.05, 0) is 66.9 Å². The monoisotopic (exact) mass is 1240 g/mol. The zero-order chi connectivity index (χ0) is 60.6. The number of carbonyl (C=O) groups excluding carboxylic acids is 9. The van der Waals surface area contributed by atoms with Crippen molar-refractivity contribution in [2.75, 3.05) is 134 Å². The first-order valence-electron chi connectivity index (χ1n) is 28.8. The van der Waals surface area contributed by atoms with Crippen molar-refractivity contribution >= 4 is 102 Å². The highest BCUT2D eigenvalue weighted by atomic mass is 79.9. The van der Waals surface area contributed by atoms with Gasteiger partial charge in [0.05, 0.1) is 58.5 Å². The lowest BCUT2D eigenvalue weighted by Gasteiger charge is -2.31. The summed E-state index contributed by atoms with van der Waals surface area (Å²) in [7, 11) is 2.02. The Morgan fingerprint density at radius 1 is 0.729 bits per heavy atom. The number of urea groups is 1. The molecule has 0 spiro atoms. The van der Waals surface area contributed by atoms with E-state index in [9.17, 15) is 43.2 Å². The second-order valence-electron chi connectivity index (χ2n) is 21.5. The smallest absolute Gasteiger partial charge is 0.409 e. The van der Waals surface area contributed by atoms with Crippen molar-refractivity contribution in [2.24, 2.45) is 11.7 Å². The van der Waals surface area contributed by atoms with Crippen LogP contribution in [-0.2, 0) is 54.1 Å². The number of imide groups is 1. The number of aromatic nitrogens is 1. The lowest BCUT2D eigenvalue weighted by Crippen LogP contribution is -2.56. The van der Waals surface area contributed by atoms with Crippen LogP contribution in [0.25, 0.3) is 21.7 Å². The summed E-state index contributed by atoms with van der Waals surface area (Å²) in [5, 5.41) is 14.0. The van der Waals surface area contributed by atoms with Gasteiger partial charge in [0.2, 0.25) is 23.6 Å². The van der Waals surface area contributed by atoms with Gasteiger partial charge < -0.3 is 75.3 Å². The SMILES string of the molecule is CC(C)[C@H](NC(=O)CCOCCOCCOCCOCCNC(=O)CCN1C(=O)C=CC1=O)C(=O)N[C@@H](CCCNC(N)=O)C(=O)N1CCc2c1ccc1[nH]c(C(=O)N3C[C@@H](CBr)c4c3cc(OC(=O)N3CCN(C)CC3)c3ccccc43)cc21. The number of H-pyrrole nitrogens is 1. The van der Waals surface area contributed by atoms with Crippen molar-refractivity contribution in [3.8, 4) is 5.75 Å². The number of halogens is 1. The number of aromatic amines is 1. The fraction of sp³-hybridized carbons (Fsp3) is 0.508. The van der Waals surface area contributed by atoms with E-state index in [0.717, 1.165) is 45.3 Å². The number of nitrogens with two attached hydrogens (primary N) is 1. The van der Waals surface area contributed by atoms with Crippen molar-refractivity contribution in [2.45, 2.75) is 64.0 Å². The Balaban J connectivity index is 0.806. The highest BCUT2D eigenvalue weighted by molar-refractivity contribution is 9.09. The quantitative estimate of drug-likeness (QED) is 0.0248. The summed E-state index contributed by atoms with van der Waals surface area (Å²) in [5.74, 6) is -2.82. The molecule has 1 aromatic heterocycles. The average molecular weight is 1240 g/mol. The van der Waals surface area contributed by atoms with Crippen LogP contribution >= 0.6 is 15.9 Å². The second kappa shape index (κ2) is 30.5. The second-order valence-corrected chi connectivity index (χ2v) is 22.1. The van der Waals surface area contributed by atoms with Crippen LogP contribution in [0.3, 0.4) is 0 Å². The van der Waals surface area contributed by atoms with E-state index in [4.69, 9.17) is 29.4 Å². The Morgan fingerprint density at radius 3 is 2.07 bits per heavy atom. The molecule has 0 saturated carbocycles. The molecule has 26 heteroatoms. The molecule has 4 aromatic rings. The van der Waals surface area contributed by atoms with Crippen LogP contribution in [0.4, 0.5) is 21.0 Å². The van der Waals surface area contributed by atoms with Gasteiger partial charge >= 0.3 is 12.1 Å². The number of ether oxygens (including phenoxy) is 5. The Labute approximate surface area is 501 Å². The minimum absolute atomic E-state index is 0.00248. The highest BCUT2D eigenvalue weighted by Gasteiger charge is 2.38. The van der Waals surface area contributed by atoms with Crippen molar-refractivity contribution in [3.05, 3.63) is 77.5 Å². The molecule has 25 nitrogen and oxygen atoms in total. The van der Waals surface area contributed by atoms with Crippen molar-refractivity contribution in [1.82, 2.24) is 41.0 Å². The number of nitrogens with one attached hydrogen (secondary N) is 5.